The molecule has 10 heteroatoms. The van der Waals surface area contributed by atoms with Gasteiger partial charge in [-0.1, -0.05) is 84.0 Å². The van der Waals surface area contributed by atoms with Gasteiger partial charge in [0.25, 0.3) is 0 Å². The second-order valence-electron chi connectivity index (χ2n) is 15.3. The highest BCUT2D eigenvalue weighted by Gasteiger charge is 2.24. The van der Waals surface area contributed by atoms with Gasteiger partial charge in [-0.15, -0.1) is 0 Å². The van der Waals surface area contributed by atoms with E-state index in [2.05, 4.69) is 104 Å². The van der Waals surface area contributed by atoms with Gasteiger partial charge in [-0.25, -0.2) is 9.59 Å². The van der Waals surface area contributed by atoms with Crippen molar-refractivity contribution in [1.82, 2.24) is 0 Å². The van der Waals surface area contributed by atoms with Crippen LogP contribution in [-0.2, 0) is 37.3 Å². The van der Waals surface area contributed by atoms with E-state index >= 15 is 0 Å². The number of benzene rings is 4. The van der Waals surface area contributed by atoms with Crippen molar-refractivity contribution in [2.75, 3.05) is 26.4 Å². The molecule has 0 N–H and O–H groups in total. The minimum absolute atomic E-state index is 0.107. The van der Waals surface area contributed by atoms with Crippen LogP contribution in [0.5, 0.6) is 23.0 Å². The Bertz CT molecular complexity index is 1960. The molecule has 0 aliphatic carbocycles. The van der Waals surface area contributed by atoms with E-state index in [4.69, 9.17) is 28.4 Å². The van der Waals surface area contributed by atoms with E-state index in [-0.39, 0.29) is 31.8 Å². The summed E-state index contributed by atoms with van der Waals surface area (Å²) in [6, 6.07) is 28.2. The molecule has 0 aromatic heterocycles. The van der Waals surface area contributed by atoms with Crippen molar-refractivity contribution in [1.29, 1.82) is 0 Å². The van der Waals surface area contributed by atoms with Crippen molar-refractivity contribution in [3.63, 3.8) is 0 Å². The van der Waals surface area contributed by atoms with Crippen LogP contribution >= 0.6 is 45.2 Å². The molecule has 0 aliphatic rings. The molecule has 4 aromatic rings. The first-order valence-corrected chi connectivity index (χ1v) is 22.4. The van der Waals surface area contributed by atoms with E-state index < -0.39 is 24.1 Å². The zero-order valence-electron chi connectivity index (χ0n) is 35.2. The van der Waals surface area contributed by atoms with Crippen LogP contribution in [0.25, 0.3) is 0 Å². The van der Waals surface area contributed by atoms with Gasteiger partial charge in [0.2, 0.25) is 0 Å². The third kappa shape index (κ3) is 15.8. The Morgan fingerprint density at radius 2 is 0.915 bits per heavy atom. The van der Waals surface area contributed by atoms with Gasteiger partial charge in [0.15, 0.2) is 12.2 Å². The third-order valence-corrected chi connectivity index (χ3v) is 10.9. The molecule has 0 saturated heterocycles. The number of carbonyl (C=O) groups excluding carboxylic acids is 2. The van der Waals surface area contributed by atoms with Crippen LogP contribution in [0.2, 0.25) is 0 Å². The van der Waals surface area contributed by atoms with E-state index in [9.17, 15) is 9.59 Å². The first kappa shape index (κ1) is 47.6. The maximum Gasteiger partial charge on any atom is 0.333 e. The minimum Gasteiger partial charge on any atom is -0.490 e. The second kappa shape index (κ2) is 23.7. The van der Waals surface area contributed by atoms with Gasteiger partial charge in [0, 0.05) is 23.7 Å². The summed E-state index contributed by atoms with van der Waals surface area (Å²) in [6.07, 6.45) is 5.18. The monoisotopic (exact) mass is 1030 g/mol. The summed E-state index contributed by atoms with van der Waals surface area (Å²) in [5, 5.41) is 0. The predicted molar refractivity (Wildman–Crippen MR) is 252 cm³/mol. The molecular weight excluding hydrogens is 970 g/mol. The number of unbranched alkanes of at least 4 members (excludes halogenated alkanes) is 2. The Labute approximate surface area is 378 Å². The lowest BCUT2D eigenvalue weighted by molar-refractivity contribution is -0.148. The molecule has 59 heavy (non-hydrogen) atoms. The lowest BCUT2D eigenvalue weighted by atomic mass is 9.78. The summed E-state index contributed by atoms with van der Waals surface area (Å²) in [7, 11) is 0. The number of hydrogen-bond acceptors (Lipinski definition) is 8. The molecule has 0 aliphatic heterocycles. The smallest absolute Gasteiger partial charge is 0.333 e. The summed E-state index contributed by atoms with van der Waals surface area (Å²) in [5.41, 5.74) is 4.97. The standard InChI is InChI=1S/C49H58I2O8/c1-9-11-13-35-23-36(14-12-10-2)25-43(24-35)56-31-45(58-47(52)33(3)4)29-54-41-19-15-37(16-20-41)49(7,8)38-17-21-42(22-18-38)55-30-46(59-48(53)34(5)6)32-57-44-27-39(50)26-40(51)28-44/h15-28,45-46H,3,5,9-14,29-32H2,1-2,4,6-8H3. The first-order chi connectivity index (χ1) is 28.2. The number of carbonyl (C=O) groups is 2. The summed E-state index contributed by atoms with van der Waals surface area (Å²) in [5.74, 6) is 1.78. The minimum atomic E-state index is -0.650. The molecule has 0 saturated carbocycles. The Hall–Kier alpha value is -4.04. The molecule has 4 aromatic carbocycles. The van der Waals surface area contributed by atoms with Crippen LogP contribution in [0.1, 0.15) is 89.5 Å². The predicted octanol–water partition coefficient (Wildman–Crippen LogP) is 11.8. The van der Waals surface area contributed by atoms with Crippen molar-refractivity contribution in [2.24, 2.45) is 0 Å². The largest absolute Gasteiger partial charge is 0.490 e. The molecular formula is C49H58I2O8. The van der Waals surface area contributed by atoms with E-state index in [1.54, 1.807) is 13.8 Å². The molecule has 316 valence electrons. The fourth-order valence-electron chi connectivity index (χ4n) is 6.07. The van der Waals surface area contributed by atoms with Crippen molar-refractivity contribution in [3.05, 3.63) is 139 Å². The Kier molecular flexibility index (Phi) is 19.1. The second-order valence-corrected chi connectivity index (χ2v) is 17.8. The number of ether oxygens (including phenoxy) is 6. The fraction of sp³-hybridized carbons (Fsp3) is 0.388. The van der Waals surface area contributed by atoms with Gasteiger partial charge in [-0.2, -0.15) is 0 Å². The maximum absolute atomic E-state index is 12.6. The fourth-order valence-corrected chi connectivity index (χ4v) is 7.95. The number of halogens is 2. The van der Waals surface area contributed by atoms with E-state index in [0.717, 1.165) is 62.5 Å². The molecule has 0 fully saturated rings. The van der Waals surface area contributed by atoms with Crippen molar-refractivity contribution >= 4 is 57.1 Å². The van der Waals surface area contributed by atoms with Crippen LogP contribution in [0.3, 0.4) is 0 Å². The molecule has 2 unspecified atom stereocenters. The van der Waals surface area contributed by atoms with Crippen molar-refractivity contribution < 1.29 is 38.0 Å². The highest BCUT2D eigenvalue weighted by Crippen LogP contribution is 2.34. The third-order valence-electron chi connectivity index (χ3n) is 9.64. The summed E-state index contributed by atoms with van der Waals surface area (Å²) >= 11 is 4.48. The average Bonchev–Trinajstić information content (AvgIpc) is 3.20. The molecule has 0 spiro atoms. The van der Waals surface area contributed by atoms with Crippen LogP contribution in [0.15, 0.2) is 109 Å². The Morgan fingerprint density at radius 1 is 0.559 bits per heavy atom. The molecule has 0 amide bonds. The van der Waals surface area contributed by atoms with Gasteiger partial charge >= 0.3 is 11.9 Å². The van der Waals surface area contributed by atoms with Gasteiger partial charge in [-0.05, 0) is 162 Å². The zero-order valence-corrected chi connectivity index (χ0v) is 39.6. The molecule has 0 bridgehead atoms. The maximum atomic E-state index is 12.6. The van der Waals surface area contributed by atoms with Crippen LogP contribution in [-0.4, -0.2) is 50.6 Å². The SMILES string of the molecule is C=C(C)C(=O)OC(COc1ccc(C(C)(C)c2ccc(OCC(COc3cc(CCCC)cc(CCCC)c3)OC(=O)C(=C)C)cc2)cc1)COc1cc(I)cc(I)c1. The Morgan fingerprint density at radius 3 is 1.27 bits per heavy atom. The van der Waals surface area contributed by atoms with Crippen LogP contribution in [0, 0.1) is 7.14 Å². The number of hydrogen-bond donors (Lipinski definition) is 0. The molecule has 4 rings (SSSR count). The summed E-state index contributed by atoms with van der Waals surface area (Å²) in [4.78, 5) is 25.0. The number of esters is 2. The Balaban J connectivity index is 1.38. The lowest BCUT2D eigenvalue weighted by Gasteiger charge is -2.27. The van der Waals surface area contributed by atoms with E-state index in [0.29, 0.717) is 28.4 Å². The van der Waals surface area contributed by atoms with Crippen molar-refractivity contribution in [3.8, 4) is 23.0 Å². The normalized spacial score (nSPS) is 12.2. The van der Waals surface area contributed by atoms with Gasteiger partial charge in [0.05, 0.1) is 0 Å². The van der Waals surface area contributed by atoms with Crippen LogP contribution < -0.4 is 18.9 Å². The molecule has 8 nitrogen and oxygen atoms in total. The first-order valence-electron chi connectivity index (χ1n) is 20.2. The number of aryl methyl sites for hydroxylation is 2. The average molecular weight is 1030 g/mol. The van der Waals surface area contributed by atoms with Gasteiger partial charge < -0.3 is 28.4 Å². The summed E-state index contributed by atoms with van der Waals surface area (Å²) in [6.45, 7) is 19.9. The van der Waals surface area contributed by atoms with Crippen molar-refractivity contribution in [2.45, 2.75) is 97.7 Å². The van der Waals surface area contributed by atoms with E-state index in [1.165, 1.54) is 11.1 Å². The lowest BCUT2D eigenvalue weighted by Crippen LogP contribution is -2.31. The molecule has 0 heterocycles. The quantitative estimate of drug-likeness (QED) is 0.0390. The highest BCUT2D eigenvalue weighted by molar-refractivity contribution is 14.1. The zero-order chi connectivity index (χ0) is 43.0. The molecule has 2 atom stereocenters. The van der Waals surface area contributed by atoms with Gasteiger partial charge in [-0.3, -0.25) is 0 Å². The topological polar surface area (TPSA) is 89.5 Å². The highest BCUT2D eigenvalue weighted by atomic mass is 127. The van der Waals surface area contributed by atoms with Crippen LogP contribution in [0.4, 0.5) is 0 Å². The summed E-state index contributed by atoms with van der Waals surface area (Å²) < 4.78 is 38.0. The van der Waals surface area contributed by atoms with E-state index in [1.807, 2.05) is 66.7 Å². The van der Waals surface area contributed by atoms with Gasteiger partial charge in [0.1, 0.15) is 49.4 Å². The molecule has 0 radical (unpaired) electrons. The number of rotatable bonds is 24.